The molecule has 3 rings (SSSR count). The topological polar surface area (TPSA) is 68.2 Å². The summed E-state index contributed by atoms with van der Waals surface area (Å²) in [5, 5.41) is 19.8. The van der Waals surface area contributed by atoms with Crippen LogP contribution in [0.15, 0.2) is 0 Å². The van der Waals surface area contributed by atoms with Gasteiger partial charge in [-0.3, -0.25) is 0 Å². The van der Waals surface area contributed by atoms with E-state index in [0.717, 1.165) is 19.3 Å². The van der Waals surface area contributed by atoms with E-state index in [4.69, 9.17) is 14.0 Å². The lowest BCUT2D eigenvalue weighted by Gasteiger charge is -2.35. The fraction of sp³-hybridized carbons (Fsp3) is 1.00. The highest BCUT2D eigenvalue weighted by Crippen LogP contribution is 2.47. The van der Waals surface area contributed by atoms with E-state index in [1.165, 1.54) is 57.8 Å². The predicted octanol–water partition coefficient (Wildman–Crippen LogP) is 3.47. The summed E-state index contributed by atoms with van der Waals surface area (Å²) >= 11 is 0. The second-order valence-electron chi connectivity index (χ2n) is 6.65. The Morgan fingerprint density at radius 1 is 0.682 bits per heavy atom. The summed E-state index contributed by atoms with van der Waals surface area (Å²) in [4.78, 5) is 0. The Morgan fingerprint density at radius 3 is 1.55 bits per heavy atom. The molecular formula is C16H31BO5. The molecule has 3 aliphatic heterocycles. The lowest BCUT2D eigenvalue weighted by molar-refractivity contribution is -0.401. The molecule has 1 atom stereocenters. The van der Waals surface area contributed by atoms with Gasteiger partial charge in [0.15, 0.2) is 0 Å². The van der Waals surface area contributed by atoms with Crippen molar-refractivity contribution in [2.24, 2.45) is 0 Å². The Morgan fingerprint density at radius 2 is 1.14 bits per heavy atom. The van der Waals surface area contributed by atoms with Gasteiger partial charge in [0.25, 0.3) is 0 Å². The van der Waals surface area contributed by atoms with E-state index in [0.29, 0.717) is 6.42 Å². The molecule has 3 aliphatic rings. The number of fused-ring (bicyclic) bond motifs is 1. The van der Waals surface area contributed by atoms with Gasteiger partial charge in [0.1, 0.15) is 0 Å². The van der Waals surface area contributed by atoms with Crippen molar-refractivity contribution in [1.29, 1.82) is 0 Å². The lowest BCUT2D eigenvalue weighted by Crippen LogP contribution is -2.57. The van der Waals surface area contributed by atoms with Crippen molar-refractivity contribution in [2.75, 3.05) is 0 Å². The molecule has 0 spiro atoms. The number of hydrogen-bond acceptors (Lipinski definition) is 5. The van der Waals surface area contributed by atoms with Gasteiger partial charge in [0, 0.05) is 6.42 Å². The minimum Gasteiger partial charge on any atom is -0.360 e. The van der Waals surface area contributed by atoms with Crippen LogP contribution in [0.5, 0.6) is 0 Å². The third-order valence-corrected chi connectivity index (χ3v) is 4.67. The Kier molecular flexibility index (Phi) is 7.15. The molecule has 2 N–H and O–H groups in total. The normalized spacial score (nSPS) is 29.9. The van der Waals surface area contributed by atoms with Crippen LogP contribution in [0.1, 0.15) is 90.4 Å². The van der Waals surface area contributed by atoms with E-state index in [1.54, 1.807) is 0 Å². The van der Waals surface area contributed by atoms with Crippen LogP contribution in [0, 0.1) is 0 Å². The smallest absolute Gasteiger partial charge is 0.360 e. The van der Waals surface area contributed by atoms with Crippen LogP contribution < -0.4 is 0 Å². The summed E-state index contributed by atoms with van der Waals surface area (Å²) in [5.41, 5.74) is 0. The first-order valence-electron chi connectivity index (χ1n) is 9.08. The van der Waals surface area contributed by atoms with Crippen LogP contribution in [-0.2, 0) is 14.0 Å². The molecule has 0 saturated carbocycles. The van der Waals surface area contributed by atoms with Gasteiger partial charge in [0.2, 0.25) is 5.79 Å². The van der Waals surface area contributed by atoms with Crippen LogP contribution in [0.25, 0.3) is 0 Å². The molecule has 6 heteroatoms. The van der Waals surface area contributed by atoms with Crippen molar-refractivity contribution in [3.8, 4) is 0 Å². The summed E-state index contributed by atoms with van der Waals surface area (Å²) in [6.45, 7) is 2.25. The van der Waals surface area contributed by atoms with Crippen LogP contribution in [0.4, 0.5) is 0 Å². The molecule has 3 fully saturated rings. The van der Waals surface area contributed by atoms with Crippen LogP contribution in [0.3, 0.4) is 0 Å². The molecule has 3 saturated heterocycles. The van der Waals surface area contributed by atoms with Crippen molar-refractivity contribution < 1.29 is 24.2 Å². The van der Waals surface area contributed by atoms with Crippen molar-refractivity contribution in [1.82, 2.24) is 0 Å². The average molecular weight is 314 g/mol. The molecule has 22 heavy (non-hydrogen) atoms. The van der Waals surface area contributed by atoms with Crippen LogP contribution >= 0.6 is 0 Å². The van der Waals surface area contributed by atoms with Crippen molar-refractivity contribution in [3.05, 3.63) is 0 Å². The largest absolute Gasteiger partial charge is 0.649 e. The molecule has 1 unspecified atom stereocenters. The maximum Gasteiger partial charge on any atom is 0.649 e. The van der Waals surface area contributed by atoms with E-state index < -0.39 is 19.1 Å². The highest BCUT2D eigenvalue weighted by atomic mass is 17.0. The first-order valence-corrected chi connectivity index (χ1v) is 9.08. The molecule has 0 aromatic rings. The van der Waals surface area contributed by atoms with Gasteiger partial charge in [-0.25, -0.2) is 0 Å². The SMILES string of the molecule is CCCCCCCCCCCCCCC1(O)OB2OC1(O)O2. The molecule has 0 aromatic carbocycles. The van der Waals surface area contributed by atoms with Gasteiger partial charge >= 0.3 is 13.3 Å². The molecular weight excluding hydrogens is 283 g/mol. The van der Waals surface area contributed by atoms with Gasteiger partial charge in [-0.15, -0.1) is 0 Å². The fourth-order valence-corrected chi connectivity index (χ4v) is 3.16. The molecule has 0 amide bonds. The molecule has 0 aromatic heterocycles. The summed E-state index contributed by atoms with van der Waals surface area (Å²) in [6, 6.07) is 0. The highest BCUT2D eigenvalue weighted by Gasteiger charge is 2.74. The van der Waals surface area contributed by atoms with E-state index in [2.05, 4.69) is 6.92 Å². The maximum atomic E-state index is 10.1. The van der Waals surface area contributed by atoms with E-state index in [9.17, 15) is 10.2 Å². The molecule has 5 nitrogen and oxygen atoms in total. The van der Waals surface area contributed by atoms with Gasteiger partial charge in [0.05, 0.1) is 0 Å². The molecule has 0 aliphatic carbocycles. The Bertz CT molecular complexity index is 322. The van der Waals surface area contributed by atoms with Crippen molar-refractivity contribution in [2.45, 2.75) is 102 Å². The Labute approximate surface area is 134 Å². The quantitative estimate of drug-likeness (QED) is 0.402. The zero-order valence-electron chi connectivity index (χ0n) is 13.9. The first kappa shape index (κ1) is 18.2. The van der Waals surface area contributed by atoms with Gasteiger partial charge in [-0.2, -0.15) is 0 Å². The Hall–Kier alpha value is -0.135. The first-order chi connectivity index (χ1) is 10.6. The minimum absolute atomic E-state index is 0.345. The van der Waals surface area contributed by atoms with E-state index >= 15 is 0 Å². The van der Waals surface area contributed by atoms with Crippen molar-refractivity contribution >= 4 is 7.32 Å². The highest BCUT2D eigenvalue weighted by molar-refractivity contribution is 6.40. The molecule has 128 valence electrons. The van der Waals surface area contributed by atoms with Gasteiger partial charge < -0.3 is 24.2 Å². The zero-order chi connectivity index (χ0) is 15.9. The standard InChI is InChI=1S/C16H31BO5/c1-2-3-4-5-6-7-8-9-10-11-12-13-14-15(18)16(19)21-17(20-15)22-16/h18-19H,2-14H2,1H3. The molecule has 3 heterocycles. The van der Waals surface area contributed by atoms with E-state index in [-0.39, 0.29) is 0 Å². The second-order valence-corrected chi connectivity index (χ2v) is 6.65. The summed E-state index contributed by atoms with van der Waals surface area (Å²) < 4.78 is 14.8. The summed E-state index contributed by atoms with van der Waals surface area (Å²) in [6.07, 6.45) is 15.4. The molecule has 2 bridgehead atoms. The minimum atomic E-state index is -1.94. The summed E-state index contributed by atoms with van der Waals surface area (Å²) in [5.74, 6) is -3.62. The van der Waals surface area contributed by atoms with Crippen molar-refractivity contribution in [3.63, 3.8) is 0 Å². The number of unbranched alkanes of at least 4 members (excludes halogenated alkanes) is 11. The Balaban J connectivity index is 1.36. The average Bonchev–Trinajstić information content (AvgIpc) is 2.85. The lowest BCUT2D eigenvalue weighted by atomic mass is 10.0. The number of hydrogen-bond donors (Lipinski definition) is 2. The number of aliphatic hydroxyl groups is 2. The predicted molar refractivity (Wildman–Crippen MR) is 84.6 cm³/mol. The van der Waals surface area contributed by atoms with Gasteiger partial charge in [-0.1, -0.05) is 77.6 Å². The number of rotatable bonds is 13. The second kappa shape index (κ2) is 8.64. The van der Waals surface area contributed by atoms with Crippen LogP contribution in [-0.4, -0.2) is 29.3 Å². The maximum absolute atomic E-state index is 10.1. The molecule has 0 radical (unpaired) electrons. The fourth-order valence-electron chi connectivity index (χ4n) is 3.16. The zero-order valence-corrected chi connectivity index (χ0v) is 13.9. The third-order valence-electron chi connectivity index (χ3n) is 4.67. The van der Waals surface area contributed by atoms with Gasteiger partial charge in [-0.05, 0) is 6.42 Å². The van der Waals surface area contributed by atoms with Crippen LogP contribution in [0.2, 0.25) is 0 Å². The summed E-state index contributed by atoms with van der Waals surface area (Å²) in [7, 11) is -0.896. The monoisotopic (exact) mass is 314 g/mol. The third kappa shape index (κ3) is 4.68. The van der Waals surface area contributed by atoms with E-state index in [1.807, 2.05) is 0 Å².